The summed E-state index contributed by atoms with van der Waals surface area (Å²) in [6.45, 7) is 0. The van der Waals surface area contributed by atoms with Crippen molar-refractivity contribution in [2.45, 2.75) is 38.2 Å². The number of esters is 1. The molecule has 1 atom stereocenters. The zero-order valence-electron chi connectivity index (χ0n) is 9.36. The number of thiophene rings is 1. The van der Waals surface area contributed by atoms with Gasteiger partial charge >= 0.3 is 5.97 Å². The van der Waals surface area contributed by atoms with Gasteiger partial charge in [0.2, 0.25) is 0 Å². The topological polar surface area (TPSA) is 46.5 Å². The molecule has 16 heavy (non-hydrogen) atoms. The number of hydrogen-bond donors (Lipinski definition) is 1. The molecule has 4 heteroatoms. The van der Waals surface area contributed by atoms with Gasteiger partial charge in [-0.2, -0.15) is 0 Å². The van der Waals surface area contributed by atoms with Gasteiger partial charge in [-0.15, -0.1) is 11.3 Å². The lowest BCUT2D eigenvalue weighted by atomic mass is 9.96. The van der Waals surface area contributed by atoms with Crippen molar-refractivity contribution >= 4 is 17.3 Å². The molecule has 0 bridgehead atoms. The Hall–Kier alpha value is -0.870. The largest absolute Gasteiger partial charge is 0.469 e. The van der Waals surface area contributed by atoms with Gasteiger partial charge in [0.15, 0.2) is 0 Å². The summed E-state index contributed by atoms with van der Waals surface area (Å²) < 4.78 is 4.61. The number of carbonyl (C=O) groups is 1. The highest BCUT2D eigenvalue weighted by molar-refractivity contribution is 7.12. The normalized spacial score (nSPS) is 19.2. The minimum atomic E-state index is -0.299. The fraction of sp³-hybridized carbons (Fsp3) is 0.583. The molecule has 1 aromatic rings. The second kappa shape index (κ2) is 4.97. The molecule has 1 unspecified atom stereocenters. The van der Waals surface area contributed by atoms with E-state index >= 15 is 0 Å². The highest BCUT2D eigenvalue weighted by Crippen LogP contribution is 2.35. The van der Waals surface area contributed by atoms with Gasteiger partial charge in [-0.3, -0.25) is 4.79 Å². The zero-order valence-corrected chi connectivity index (χ0v) is 10.2. The summed E-state index contributed by atoms with van der Waals surface area (Å²) in [6.07, 6.45) is 3.83. The Morgan fingerprint density at radius 2 is 2.50 bits per heavy atom. The molecule has 0 aliphatic heterocycles. The number of aliphatic hydroxyl groups excluding tert-OH is 1. The summed E-state index contributed by atoms with van der Waals surface area (Å²) in [5, 5.41) is 9.81. The molecular weight excluding hydrogens is 224 g/mol. The quantitative estimate of drug-likeness (QED) is 0.824. The maximum Gasteiger partial charge on any atom is 0.305 e. The summed E-state index contributed by atoms with van der Waals surface area (Å²) >= 11 is 1.72. The molecule has 1 aliphatic carbocycles. The monoisotopic (exact) mass is 240 g/mol. The molecule has 88 valence electrons. The third kappa shape index (κ3) is 2.44. The number of ether oxygens (including phenoxy) is 1. The molecule has 0 spiro atoms. The summed E-state index contributed by atoms with van der Waals surface area (Å²) in [5.74, 6) is -0.174. The molecule has 1 N–H and O–H groups in total. The van der Waals surface area contributed by atoms with Crippen molar-refractivity contribution in [2.75, 3.05) is 7.11 Å². The Balaban J connectivity index is 2.04. The van der Waals surface area contributed by atoms with E-state index in [0.29, 0.717) is 6.42 Å². The van der Waals surface area contributed by atoms with Crippen molar-refractivity contribution in [3.8, 4) is 0 Å². The second-order valence-corrected chi connectivity index (χ2v) is 5.30. The Labute approximate surface area is 99.1 Å². The number of methoxy groups -OCH3 is 1. The van der Waals surface area contributed by atoms with Crippen LogP contribution in [0.5, 0.6) is 0 Å². The van der Waals surface area contributed by atoms with E-state index in [4.69, 9.17) is 0 Å². The fourth-order valence-electron chi connectivity index (χ4n) is 2.04. The highest BCUT2D eigenvalue weighted by atomic mass is 32.1. The molecular formula is C12H16O3S. The molecule has 0 saturated carbocycles. The first-order chi connectivity index (χ1) is 7.70. The van der Waals surface area contributed by atoms with Crippen LogP contribution in [0, 0.1) is 0 Å². The first kappa shape index (κ1) is 11.6. The first-order valence-electron chi connectivity index (χ1n) is 5.57. The third-order valence-electron chi connectivity index (χ3n) is 2.94. The zero-order chi connectivity index (χ0) is 11.5. The van der Waals surface area contributed by atoms with Crippen molar-refractivity contribution in [3.05, 3.63) is 21.4 Å². The fourth-order valence-corrected chi connectivity index (χ4v) is 3.31. The van der Waals surface area contributed by atoms with E-state index in [0.717, 1.165) is 31.2 Å². The van der Waals surface area contributed by atoms with Crippen LogP contribution in [-0.2, 0) is 22.4 Å². The number of aryl methyl sites for hydroxylation is 2. The van der Waals surface area contributed by atoms with E-state index in [1.807, 2.05) is 6.07 Å². The van der Waals surface area contributed by atoms with Crippen LogP contribution in [0.15, 0.2) is 6.07 Å². The molecule has 1 aliphatic rings. The standard InChI is InChI=1S/C12H16O3S/c1-15-12(14)6-5-8-7-9-10(13)3-2-4-11(9)16-8/h7,10,13H,2-6H2,1H3. The number of rotatable bonds is 3. The molecule has 0 amide bonds. The minimum absolute atomic E-state index is 0.174. The SMILES string of the molecule is COC(=O)CCc1cc2c(s1)CCCC2O. The Bertz CT molecular complexity index is 384. The molecule has 3 nitrogen and oxygen atoms in total. The lowest BCUT2D eigenvalue weighted by molar-refractivity contribution is -0.140. The van der Waals surface area contributed by atoms with Crippen molar-refractivity contribution in [1.82, 2.24) is 0 Å². The molecule has 0 fully saturated rings. The maximum atomic E-state index is 11.0. The molecule has 0 saturated heterocycles. The number of hydrogen-bond acceptors (Lipinski definition) is 4. The van der Waals surface area contributed by atoms with Gasteiger partial charge in [-0.05, 0) is 37.3 Å². The van der Waals surface area contributed by atoms with Crippen LogP contribution < -0.4 is 0 Å². The first-order valence-corrected chi connectivity index (χ1v) is 6.38. The number of aliphatic hydroxyl groups is 1. The average Bonchev–Trinajstić information content (AvgIpc) is 2.70. The third-order valence-corrected chi connectivity index (χ3v) is 4.21. The summed E-state index contributed by atoms with van der Waals surface area (Å²) in [5.41, 5.74) is 1.08. The van der Waals surface area contributed by atoms with Crippen molar-refractivity contribution < 1.29 is 14.6 Å². The molecule has 0 aromatic carbocycles. The van der Waals surface area contributed by atoms with Gasteiger partial charge in [-0.1, -0.05) is 0 Å². The van der Waals surface area contributed by atoms with Crippen molar-refractivity contribution in [1.29, 1.82) is 0 Å². The number of fused-ring (bicyclic) bond motifs is 1. The molecule has 1 aromatic heterocycles. The maximum absolute atomic E-state index is 11.0. The Kier molecular flexibility index (Phi) is 3.61. The van der Waals surface area contributed by atoms with Gasteiger partial charge in [0.05, 0.1) is 19.6 Å². The summed E-state index contributed by atoms with van der Waals surface area (Å²) in [7, 11) is 1.41. The van der Waals surface area contributed by atoms with Gasteiger partial charge < -0.3 is 9.84 Å². The minimum Gasteiger partial charge on any atom is -0.469 e. The van der Waals surface area contributed by atoms with Crippen LogP contribution >= 0.6 is 11.3 Å². The molecule has 2 rings (SSSR count). The Morgan fingerprint density at radius 3 is 3.19 bits per heavy atom. The lowest BCUT2D eigenvalue weighted by Gasteiger charge is -2.16. The van der Waals surface area contributed by atoms with E-state index in [1.165, 1.54) is 16.9 Å². The second-order valence-electron chi connectivity index (χ2n) is 4.08. The van der Waals surface area contributed by atoms with Crippen LogP contribution in [0.2, 0.25) is 0 Å². The van der Waals surface area contributed by atoms with Crippen LogP contribution in [0.25, 0.3) is 0 Å². The van der Waals surface area contributed by atoms with Crippen LogP contribution in [0.4, 0.5) is 0 Å². The number of carbonyl (C=O) groups excluding carboxylic acids is 1. The van der Waals surface area contributed by atoms with E-state index in [2.05, 4.69) is 4.74 Å². The van der Waals surface area contributed by atoms with Crippen LogP contribution in [-0.4, -0.2) is 18.2 Å². The lowest BCUT2D eigenvalue weighted by Crippen LogP contribution is -2.05. The van der Waals surface area contributed by atoms with E-state index < -0.39 is 0 Å². The van der Waals surface area contributed by atoms with Crippen molar-refractivity contribution in [2.24, 2.45) is 0 Å². The van der Waals surface area contributed by atoms with Crippen LogP contribution in [0.3, 0.4) is 0 Å². The van der Waals surface area contributed by atoms with Crippen LogP contribution in [0.1, 0.15) is 40.7 Å². The predicted molar refractivity (Wildman–Crippen MR) is 62.6 cm³/mol. The smallest absolute Gasteiger partial charge is 0.305 e. The average molecular weight is 240 g/mol. The summed E-state index contributed by atoms with van der Waals surface area (Å²) in [6, 6.07) is 2.05. The predicted octanol–water partition coefficient (Wildman–Crippen LogP) is 2.22. The van der Waals surface area contributed by atoms with Gasteiger partial charge in [0.25, 0.3) is 0 Å². The van der Waals surface area contributed by atoms with E-state index in [9.17, 15) is 9.90 Å². The highest BCUT2D eigenvalue weighted by Gasteiger charge is 2.20. The Morgan fingerprint density at radius 1 is 1.69 bits per heavy atom. The summed E-state index contributed by atoms with van der Waals surface area (Å²) in [4.78, 5) is 13.5. The van der Waals surface area contributed by atoms with E-state index in [-0.39, 0.29) is 12.1 Å². The van der Waals surface area contributed by atoms with Crippen molar-refractivity contribution in [3.63, 3.8) is 0 Å². The van der Waals surface area contributed by atoms with Gasteiger partial charge in [-0.25, -0.2) is 0 Å². The van der Waals surface area contributed by atoms with Gasteiger partial charge in [0, 0.05) is 9.75 Å². The molecule has 0 radical (unpaired) electrons. The van der Waals surface area contributed by atoms with E-state index in [1.54, 1.807) is 11.3 Å². The molecule has 1 heterocycles. The van der Waals surface area contributed by atoms with Gasteiger partial charge in [0.1, 0.15) is 0 Å².